The molecule has 1 aliphatic rings. The molecule has 1 unspecified atom stereocenters. The number of para-hydroxylation sites is 1. The number of hydrogen-bond donors (Lipinski definition) is 2. The fourth-order valence-electron chi connectivity index (χ4n) is 4.37. The molecule has 4 rings (SSSR count). The molecule has 8 heteroatoms. The monoisotopic (exact) mass is 489 g/mol. The Morgan fingerprint density at radius 2 is 1.50 bits per heavy atom. The van der Waals surface area contributed by atoms with Gasteiger partial charge in [0, 0.05) is 63.9 Å². The average molecular weight is 490 g/mol. The largest absolute Gasteiger partial charge is 0.378 e. The highest BCUT2D eigenvalue weighted by Crippen LogP contribution is 2.25. The van der Waals surface area contributed by atoms with Crippen molar-refractivity contribution < 1.29 is 14.0 Å². The van der Waals surface area contributed by atoms with E-state index in [1.165, 1.54) is 30.0 Å². The van der Waals surface area contributed by atoms with Crippen LogP contribution in [0, 0.1) is 5.82 Å². The minimum Gasteiger partial charge on any atom is -0.378 e. The maximum absolute atomic E-state index is 13.1. The molecule has 0 bridgehead atoms. The molecule has 0 aliphatic carbocycles. The van der Waals surface area contributed by atoms with E-state index in [0.717, 1.165) is 37.4 Å². The Bertz CT molecular complexity index is 1140. The van der Waals surface area contributed by atoms with E-state index in [1.54, 1.807) is 0 Å². The van der Waals surface area contributed by atoms with Crippen LogP contribution >= 0.6 is 0 Å². The maximum atomic E-state index is 13.1. The standard InChI is InChI=1S/C28H32FN5O2/c1-32(2)24-14-8-21(9-15-24)26(34-18-16-33(17-19-34)25-6-4-3-5-7-25)20-30-27(35)28(36)31-23-12-10-22(29)11-13-23/h3-15,26H,16-20H2,1-2H3,(H,30,35)(H,31,36). The summed E-state index contributed by atoms with van der Waals surface area (Å²) in [7, 11) is 3.99. The van der Waals surface area contributed by atoms with Crippen LogP contribution in [0.5, 0.6) is 0 Å². The van der Waals surface area contributed by atoms with Gasteiger partial charge < -0.3 is 20.4 Å². The van der Waals surface area contributed by atoms with Crippen molar-refractivity contribution in [2.75, 3.05) is 61.9 Å². The van der Waals surface area contributed by atoms with Gasteiger partial charge in [-0.05, 0) is 54.1 Å². The van der Waals surface area contributed by atoms with Crippen LogP contribution in [0.1, 0.15) is 11.6 Å². The van der Waals surface area contributed by atoms with Crippen molar-refractivity contribution >= 4 is 28.9 Å². The molecule has 0 aromatic heterocycles. The van der Waals surface area contributed by atoms with Crippen molar-refractivity contribution in [3.05, 3.63) is 90.2 Å². The second kappa shape index (κ2) is 11.7. The molecule has 1 aliphatic heterocycles. The van der Waals surface area contributed by atoms with Gasteiger partial charge in [0.2, 0.25) is 0 Å². The number of benzene rings is 3. The summed E-state index contributed by atoms with van der Waals surface area (Å²) in [5.74, 6) is -1.91. The predicted molar refractivity (Wildman–Crippen MR) is 142 cm³/mol. The second-order valence-electron chi connectivity index (χ2n) is 9.03. The van der Waals surface area contributed by atoms with Gasteiger partial charge in [0.25, 0.3) is 0 Å². The highest BCUT2D eigenvalue weighted by atomic mass is 19.1. The van der Waals surface area contributed by atoms with E-state index < -0.39 is 17.6 Å². The average Bonchev–Trinajstić information content (AvgIpc) is 2.91. The Kier molecular flexibility index (Phi) is 8.17. The summed E-state index contributed by atoms with van der Waals surface area (Å²) in [6, 6.07) is 23.8. The molecule has 2 N–H and O–H groups in total. The zero-order valence-corrected chi connectivity index (χ0v) is 20.7. The van der Waals surface area contributed by atoms with E-state index in [9.17, 15) is 14.0 Å². The zero-order valence-electron chi connectivity index (χ0n) is 20.7. The lowest BCUT2D eigenvalue weighted by Crippen LogP contribution is -2.50. The molecular weight excluding hydrogens is 457 g/mol. The number of piperazine rings is 1. The molecule has 36 heavy (non-hydrogen) atoms. The number of amides is 2. The van der Waals surface area contributed by atoms with Gasteiger partial charge in [-0.3, -0.25) is 14.5 Å². The number of nitrogens with one attached hydrogen (secondary N) is 2. The Morgan fingerprint density at radius 3 is 2.11 bits per heavy atom. The Balaban J connectivity index is 1.43. The highest BCUT2D eigenvalue weighted by Gasteiger charge is 2.27. The highest BCUT2D eigenvalue weighted by molar-refractivity contribution is 6.39. The van der Waals surface area contributed by atoms with Gasteiger partial charge in [0.15, 0.2) is 0 Å². The normalized spacial score (nSPS) is 14.7. The van der Waals surface area contributed by atoms with Crippen molar-refractivity contribution in [2.24, 2.45) is 0 Å². The molecule has 3 aromatic carbocycles. The summed E-state index contributed by atoms with van der Waals surface area (Å²) in [6.45, 7) is 3.69. The van der Waals surface area contributed by atoms with Crippen LogP contribution < -0.4 is 20.4 Å². The van der Waals surface area contributed by atoms with E-state index in [-0.39, 0.29) is 6.04 Å². The Morgan fingerprint density at radius 1 is 0.861 bits per heavy atom. The fourth-order valence-corrected chi connectivity index (χ4v) is 4.37. The number of anilines is 3. The second-order valence-corrected chi connectivity index (χ2v) is 9.03. The van der Waals surface area contributed by atoms with Crippen LogP contribution in [0.15, 0.2) is 78.9 Å². The number of rotatable bonds is 7. The topological polar surface area (TPSA) is 67.9 Å². The van der Waals surface area contributed by atoms with Crippen LogP contribution in [0.25, 0.3) is 0 Å². The van der Waals surface area contributed by atoms with E-state index >= 15 is 0 Å². The minimum atomic E-state index is -0.780. The summed E-state index contributed by atoms with van der Waals surface area (Å²) in [4.78, 5) is 31.7. The summed E-state index contributed by atoms with van der Waals surface area (Å²) in [6.07, 6.45) is 0. The van der Waals surface area contributed by atoms with Crippen LogP contribution in [-0.2, 0) is 9.59 Å². The molecule has 0 radical (unpaired) electrons. The third-order valence-corrected chi connectivity index (χ3v) is 6.43. The summed E-state index contributed by atoms with van der Waals surface area (Å²) < 4.78 is 13.1. The quantitative estimate of drug-likeness (QED) is 0.497. The molecule has 7 nitrogen and oxygen atoms in total. The van der Waals surface area contributed by atoms with Crippen molar-refractivity contribution in [1.82, 2.24) is 10.2 Å². The molecular formula is C28H32FN5O2. The lowest BCUT2D eigenvalue weighted by molar-refractivity contribution is -0.136. The molecule has 2 amide bonds. The van der Waals surface area contributed by atoms with Gasteiger partial charge >= 0.3 is 11.8 Å². The van der Waals surface area contributed by atoms with Crippen molar-refractivity contribution in [1.29, 1.82) is 0 Å². The predicted octanol–water partition coefficient (Wildman–Crippen LogP) is 3.51. The third-order valence-electron chi connectivity index (χ3n) is 6.43. The number of nitrogens with zero attached hydrogens (tertiary/aromatic N) is 3. The first-order valence-electron chi connectivity index (χ1n) is 12.1. The van der Waals surface area contributed by atoms with Crippen molar-refractivity contribution in [2.45, 2.75) is 6.04 Å². The third kappa shape index (κ3) is 6.40. The first-order valence-corrected chi connectivity index (χ1v) is 12.1. The number of carbonyl (C=O) groups is 2. The number of hydrogen-bond acceptors (Lipinski definition) is 5. The van der Waals surface area contributed by atoms with Crippen molar-refractivity contribution in [3.63, 3.8) is 0 Å². The lowest BCUT2D eigenvalue weighted by atomic mass is 10.0. The minimum absolute atomic E-state index is 0.0818. The van der Waals surface area contributed by atoms with Gasteiger partial charge in [-0.2, -0.15) is 0 Å². The van der Waals surface area contributed by atoms with Gasteiger partial charge in [0.05, 0.1) is 6.04 Å². The number of carbonyl (C=O) groups excluding carboxylic acids is 2. The van der Waals surface area contributed by atoms with Crippen molar-refractivity contribution in [3.8, 4) is 0 Å². The summed E-state index contributed by atoms with van der Waals surface area (Å²) >= 11 is 0. The molecule has 3 aromatic rings. The van der Waals surface area contributed by atoms with Crippen LogP contribution in [0.4, 0.5) is 21.5 Å². The van der Waals surface area contributed by atoms with Crippen LogP contribution in [0.2, 0.25) is 0 Å². The Labute approximate surface area is 211 Å². The molecule has 1 atom stereocenters. The maximum Gasteiger partial charge on any atom is 0.313 e. The van der Waals surface area contributed by atoms with Crippen LogP contribution in [-0.4, -0.2) is 63.5 Å². The van der Waals surface area contributed by atoms with Crippen LogP contribution in [0.3, 0.4) is 0 Å². The first-order chi connectivity index (χ1) is 17.4. The molecule has 1 heterocycles. The molecule has 1 saturated heterocycles. The van der Waals surface area contributed by atoms with E-state index in [4.69, 9.17) is 0 Å². The Hall–Kier alpha value is -3.91. The first kappa shape index (κ1) is 25.2. The summed E-state index contributed by atoms with van der Waals surface area (Å²) in [5.41, 5.74) is 3.74. The summed E-state index contributed by atoms with van der Waals surface area (Å²) in [5, 5.41) is 5.31. The van der Waals surface area contributed by atoms with Gasteiger partial charge in [0.1, 0.15) is 5.82 Å². The van der Waals surface area contributed by atoms with Gasteiger partial charge in [-0.25, -0.2) is 4.39 Å². The molecule has 0 spiro atoms. The smallest absolute Gasteiger partial charge is 0.313 e. The van der Waals surface area contributed by atoms with E-state index in [2.05, 4.69) is 56.8 Å². The van der Waals surface area contributed by atoms with Gasteiger partial charge in [-0.1, -0.05) is 30.3 Å². The zero-order chi connectivity index (χ0) is 25.5. The SMILES string of the molecule is CN(C)c1ccc(C(CNC(=O)C(=O)Nc2ccc(F)cc2)N2CCN(c3ccccc3)CC2)cc1. The lowest BCUT2D eigenvalue weighted by Gasteiger charge is -2.40. The molecule has 0 saturated carbocycles. The number of halogens is 1. The van der Waals surface area contributed by atoms with E-state index in [1.807, 2.05) is 37.2 Å². The van der Waals surface area contributed by atoms with Gasteiger partial charge in [-0.15, -0.1) is 0 Å². The fraction of sp³-hybridized carbons (Fsp3) is 0.286. The molecule has 1 fully saturated rings. The molecule has 188 valence electrons. The van der Waals surface area contributed by atoms with E-state index in [0.29, 0.717) is 12.2 Å².